The first-order valence-electron chi connectivity index (χ1n) is 15.8. The Bertz CT molecular complexity index is 2310. The van der Waals surface area contributed by atoms with Crippen LogP contribution in [0.15, 0.2) is 30.6 Å². The molecule has 2 aromatic carbocycles. The molecule has 3 aliphatic heterocycles. The van der Waals surface area contributed by atoms with Gasteiger partial charge in [-0.1, -0.05) is 22.9 Å². The van der Waals surface area contributed by atoms with E-state index >= 15 is 4.39 Å². The van der Waals surface area contributed by atoms with E-state index in [1.54, 1.807) is 4.90 Å². The number of hydrogen-bond acceptors (Lipinski definition) is 12. The Morgan fingerprint density at radius 2 is 1.98 bits per heavy atom. The number of nitrogens with zero attached hydrogens (tertiary/aromatic N) is 9. The molecule has 0 bridgehead atoms. The summed E-state index contributed by atoms with van der Waals surface area (Å²) in [6, 6.07) is 5.84. The number of benzene rings is 2. The van der Waals surface area contributed by atoms with Crippen molar-refractivity contribution in [2.45, 2.75) is 31.0 Å². The monoisotopic (exact) mass is 744 g/mol. The van der Waals surface area contributed by atoms with Crippen molar-refractivity contribution in [3.8, 4) is 23.2 Å². The zero-order valence-electron chi connectivity index (χ0n) is 26.2. The topological polar surface area (TPSA) is 159 Å². The molecule has 3 aromatic heterocycles. The zero-order chi connectivity index (χ0) is 34.9. The molecular weight excluding hydrogens is 717 g/mol. The van der Waals surface area contributed by atoms with Gasteiger partial charge in [0.1, 0.15) is 41.0 Å². The van der Waals surface area contributed by atoms with Crippen molar-refractivity contribution in [1.29, 1.82) is 5.26 Å². The molecule has 3 saturated heterocycles. The summed E-state index contributed by atoms with van der Waals surface area (Å²) < 4.78 is 80.8. The molecule has 5 aromatic rings. The second-order valence-electron chi connectivity index (χ2n) is 12.6. The molecule has 0 radical (unpaired) electrons. The maximum absolute atomic E-state index is 17.0. The SMILES string of the molecule is N#Cc1c(N)sc2c(F)ccc(-c3c(Cl)cc4c(N5CCN(S(=O)(=O)n6ccnn6)CC5)nc(OC[C@@]56CCCN5C[C@H](F)C6)nc4c3F)c12. The number of hydrogen-bond donors (Lipinski definition) is 1. The number of thiophene rings is 1. The van der Waals surface area contributed by atoms with Crippen LogP contribution in [0.2, 0.25) is 5.02 Å². The van der Waals surface area contributed by atoms with E-state index in [-0.39, 0.29) is 92.3 Å². The van der Waals surface area contributed by atoms with Crippen molar-refractivity contribution in [1.82, 2.24) is 33.6 Å². The molecule has 0 unspecified atom stereocenters. The number of alkyl halides is 1. The van der Waals surface area contributed by atoms with Crippen LogP contribution in [0.3, 0.4) is 0 Å². The average molecular weight is 745 g/mol. The number of nitrogens with two attached hydrogens (primary N) is 1. The lowest BCUT2D eigenvalue weighted by Crippen LogP contribution is -2.50. The standard InChI is InChI=1S/C31H28ClF3N10O3S2/c32-21-12-19-26(25(35)24(21)18-2-3-22(34)27-23(18)20(14-36)28(37)49-27)39-30(48-16-31-4-1-6-43(31)15-17(33)13-31)40-29(19)42-8-10-44(11-9-42)50(46,47)45-7-5-38-41-45/h2-3,5,7,12,17H,1,4,6,8-11,13,15-16,37H2/t17-,31+/m1/s1. The summed E-state index contributed by atoms with van der Waals surface area (Å²) in [5.74, 6) is -1.22. The molecule has 0 spiro atoms. The highest BCUT2D eigenvalue weighted by molar-refractivity contribution is 7.87. The second-order valence-corrected chi connectivity index (χ2v) is 15.8. The summed E-state index contributed by atoms with van der Waals surface area (Å²) in [6.45, 7) is 1.59. The van der Waals surface area contributed by atoms with Gasteiger partial charge in [0.2, 0.25) is 0 Å². The van der Waals surface area contributed by atoms with Gasteiger partial charge in [0.05, 0.1) is 33.2 Å². The molecule has 0 saturated carbocycles. The second kappa shape index (κ2) is 12.2. The molecular formula is C31H28ClF3N10O3S2. The fourth-order valence-electron chi connectivity index (χ4n) is 7.44. The van der Waals surface area contributed by atoms with Gasteiger partial charge in [0.25, 0.3) is 0 Å². The number of piperazine rings is 1. The van der Waals surface area contributed by atoms with E-state index in [4.69, 9.17) is 22.1 Å². The number of nitrogen functional groups attached to an aromatic ring is 1. The van der Waals surface area contributed by atoms with Crippen LogP contribution in [-0.4, -0.2) is 99.6 Å². The van der Waals surface area contributed by atoms with E-state index < -0.39 is 33.6 Å². The zero-order valence-corrected chi connectivity index (χ0v) is 28.6. The fraction of sp³-hybridized carbons (Fsp3) is 0.387. The smallest absolute Gasteiger partial charge is 0.324 e. The summed E-state index contributed by atoms with van der Waals surface area (Å²) in [5.41, 5.74) is 5.40. The lowest BCUT2D eigenvalue weighted by molar-refractivity contribution is 0.107. The van der Waals surface area contributed by atoms with Gasteiger partial charge >= 0.3 is 16.2 Å². The highest BCUT2D eigenvalue weighted by Gasteiger charge is 2.49. The van der Waals surface area contributed by atoms with E-state index in [0.29, 0.717) is 13.0 Å². The van der Waals surface area contributed by atoms with Gasteiger partial charge in [-0.05, 0) is 37.1 Å². The van der Waals surface area contributed by atoms with Gasteiger partial charge in [-0.25, -0.2) is 13.2 Å². The van der Waals surface area contributed by atoms with Crippen LogP contribution in [0.4, 0.5) is 24.0 Å². The Kier molecular flexibility index (Phi) is 8.02. The maximum Gasteiger partial charge on any atom is 0.324 e. The number of aromatic nitrogens is 5. The normalized spacial score (nSPS) is 21.7. The van der Waals surface area contributed by atoms with Gasteiger partial charge in [0, 0.05) is 55.5 Å². The number of fused-ring (bicyclic) bond motifs is 3. The Hall–Kier alpha value is -4.28. The van der Waals surface area contributed by atoms with Crippen LogP contribution < -0.4 is 15.4 Å². The molecule has 3 aliphatic rings. The number of ether oxygens (including phenoxy) is 1. The lowest BCUT2D eigenvalue weighted by Gasteiger charge is -2.35. The first-order valence-corrected chi connectivity index (χ1v) is 18.3. The highest BCUT2D eigenvalue weighted by atomic mass is 35.5. The van der Waals surface area contributed by atoms with Crippen LogP contribution in [0, 0.1) is 23.0 Å². The van der Waals surface area contributed by atoms with Crippen molar-refractivity contribution in [2.24, 2.45) is 0 Å². The van der Waals surface area contributed by atoms with Crippen molar-refractivity contribution >= 4 is 65.0 Å². The summed E-state index contributed by atoms with van der Waals surface area (Å²) in [6.07, 6.45) is 3.44. The predicted molar refractivity (Wildman–Crippen MR) is 181 cm³/mol. The Labute approximate surface area is 292 Å². The lowest BCUT2D eigenvalue weighted by atomic mass is 9.95. The van der Waals surface area contributed by atoms with E-state index in [1.807, 2.05) is 6.07 Å². The molecule has 50 heavy (non-hydrogen) atoms. The minimum absolute atomic E-state index is 0.00397. The van der Waals surface area contributed by atoms with Crippen molar-refractivity contribution in [2.75, 3.05) is 56.5 Å². The first kappa shape index (κ1) is 32.9. The van der Waals surface area contributed by atoms with Crippen LogP contribution in [0.1, 0.15) is 24.8 Å². The van der Waals surface area contributed by atoms with Crippen LogP contribution in [0.5, 0.6) is 6.01 Å². The molecule has 260 valence electrons. The van der Waals surface area contributed by atoms with E-state index in [2.05, 4.69) is 25.2 Å². The molecule has 6 heterocycles. The van der Waals surface area contributed by atoms with Gasteiger partial charge < -0.3 is 15.4 Å². The number of anilines is 2. The largest absolute Gasteiger partial charge is 0.461 e. The molecule has 8 rings (SSSR count). The average Bonchev–Trinajstić information content (AvgIpc) is 3.89. The Morgan fingerprint density at radius 3 is 2.72 bits per heavy atom. The van der Waals surface area contributed by atoms with Gasteiger partial charge in [-0.3, -0.25) is 4.90 Å². The molecule has 0 amide bonds. The highest BCUT2D eigenvalue weighted by Crippen LogP contribution is 2.46. The number of nitriles is 1. The fourth-order valence-corrected chi connectivity index (χ4v) is 9.89. The van der Waals surface area contributed by atoms with E-state index in [1.165, 1.54) is 28.8 Å². The number of halogens is 4. The van der Waals surface area contributed by atoms with Crippen molar-refractivity contribution in [3.63, 3.8) is 0 Å². The molecule has 19 heteroatoms. The molecule has 13 nitrogen and oxygen atoms in total. The Morgan fingerprint density at radius 1 is 1.18 bits per heavy atom. The van der Waals surface area contributed by atoms with E-state index in [9.17, 15) is 22.5 Å². The predicted octanol–water partition coefficient (Wildman–Crippen LogP) is 4.36. The minimum atomic E-state index is -3.96. The van der Waals surface area contributed by atoms with E-state index in [0.717, 1.165) is 40.9 Å². The molecule has 2 atom stereocenters. The summed E-state index contributed by atoms with van der Waals surface area (Å²) in [4.78, 5) is 13.0. The summed E-state index contributed by atoms with van der Waals surface area (Å²) in [7, 11) is -3.96. The third-order valence-corrected chi connectivity index (χ3v) is 12.8. The first-order chi connectivity index (χ1) is 24.0. The van der Waals surface area contributed by atoms with Gasteiger partial charge in [-0.15, -0.1) is 20.5 Å². The maximum atomic E-state index is 17.0. The van der Waals surface area contributed by atoms with Crippen LogP contribution in [0.25, 0.3) is 32.1 Å². The van der Waals surface area contributed by atoms with Gasteiger partial charge in [-0.2, -0.15) is 28.0 Å². The van der Waals surface area contributed by atoms with Crippen LogP contribution in [-0.2, 0) is 10.2 Å². The third-order valence-electron chi connectivity index (χ3n) is 9.77. The third kappa shape index (κ3) is 5.21. The summed E-state index contributed by atoms with van der Waals surface area (Å²) >= 11 is 7.68. The quantitative estimate of drug-likeness (QED) is 0.252. The van der Waals surface area contributed by atoms with Gasteiger partial charge in [0.15, 0.2) is 5.82 Å². The van der Waals surface area contributed by atoms with Crippen molar-refractivity contribution in [3.05, 3.63) is 52.8 Å². The number of rotatable bonds is 7. The summed E-state index contributed by atoms with van der Waals surface area (Å²) in [5, 5.41) is 17.5. The van der Waals surface area contributed by atoms with Crippen LogP contribution >= 0.6 is 22.9 Å². The molecule has 3 fully saturated rings. The molecule has 0 aliphatic carbocycles. The molecule has 2 N–H and O–H groups in total. The minimum Gasteiger partial charge on any atom is -0.461 e. The Balaban J connectivity index is 1.23. The van der Waals surface area contributed by atoms with Crippen molar-refractivity contribution < 1.29 is 26.3 Å².